The summed E-state index contributed by atoms with van der Waals surface area (Å²) in [6, 6.07) is 5.64. The molecular weight excluding hydrogens is 301 g/mol. The summed E-state index contributed by atoms with van der Waals surface area (Å²) in [6.45, 7) is 4.81. The minimum Gasteiger partial charge on any atom is -0.348 e. The van der Waals surface area contributed by atoms with Gasteiger partial charge in [-0.15, -0.1) is 0 Å². The molecule has 1 rings (SSSR count). The van der Waals surface area contributed by atoms with Crippen molar-refractivity contribution in [1.29, 1.82) is 0 Å². The monoisotopic (exact) mass is 323 g/mol. The number of nitrogens with one attached hydrogen (secondary N) is 3. The van der Waals surface area contributed by atoms with Gasteiger partial charge < -0.3 is 16.0 Å². The van der Waals surface area contributed by atoms with Crippen molar-refractivity contribution in [3.63, 3.8) is 0 Å². The number of carbonyl (C=O) groups excluding carboxylic acids is 3. The van der Waals surface area contributed by atoms with E-state index in [4.69, 9.17) is 0 Å². The van der Waals surface area contributed by atoms with Crippen LogP contribution in [0.5, 0.6) is 0 Å². The Balaban J connectivity index is 2.53. The van der Waals surface area contributed by atoms with Crippen LogP contribution >= 0.6 is 0 Å². The van der Waals surface area contributed by atoms with Gasteiger partial charge in [-0.3, -0.25) is 14.4 Å². The van der Waals surface area contributed by atoms with E-state index in [0.717, 1.165) is 5.56 Å². The molecule has 0 unspecified atom stereocenters. The summed E-state index contributed by atoms with van der Waals surface area (Å²) < 4.78 is 13.0. The van der Waals surface area contributed by atoms with Gasteiger partial charge in [-0.1, -0.05) is 26.0 Å². The lowest BCUT2D eigenvalue weighted by Gasteiger charge is -2.23. The summed E-state index contributed by atoms with van der Waals surface area (Å²) in [6.07, 6.45) is 0. The first-order valence-electron chi connectivity index (χ1n) is 7.35. The second-order valence-electron chi connectivity index (χ2n) is 5.53. The minimum atomic E-state index is -0.446. The highest BCUT2D eigenvalue weighted by molar-refractivity contribution is 5.87. The number of benzene rings is 1. The van der Waals surface area contributed by atoms with Crippen molar-refractivity contribution in [3.8, 4) is 0 Å². The largest absolute Gasteiger partial charge is 0.348 e. The molecule has 0 aliphatic carbocycles. The van der Waals surface area contributed by atoms with Gasteiger partial charge in [-0.2, -0.15) is 0 Å². The molecule has 1 aromatic rings. The summed E-state index contributed by atoms with van der Waals surface area (Å²) in [7, 11) is 0. The first kappa shape index (κ1) is 18.6. The van der Waals surface area contributed by atoms with Crippen LogP contribution in [0.3, 0.4) is 0 Å². The number of rotatable bonds is 7. The van der Waals surface area contributed by atoms with Gasteiger partial charge in [0, 0.05) is 6.92 Å². The molecule has 0 saturated heterocycles. The van der Waals surface area contributed by atoms with E-state index in [1.165, 1.54) is 19.1 Å². The van der Waals surface area contributed by atoms with Gasteiger partial charge in [0.05, 0.1) is 19.1 Å². The van der Waals surface area contributed by atoms with Crippen LogP contribution in [0.4, 0.5) is 4.39 Å². The van der Waals surface area contributed by atoms with Crippen LogP contribution in [0.2, 0.25) is 0 Å². The predicted molar refractivity (Wildman–Crippen MR) is 83.8 cm³/mol. The Hall–Kier alpha value is -2.44. The van der Waals surface area contributed by atoms with Crippen LogP contribution in [0.15, 0.2) is 24.3 Å². The van der Waals surface area contributed by atoms with Crippen LogP contribution in [-0.2, 0) is 14.4 Å². The Morgan fingerprint density at radius 2 is 1.57 bits per heavy atom. The third kappa shape index (κ3) is 6.90. The summed E-state index contributed by atoms with van der Waals surface area (Å²) in [4.78, 5) is 34.1. The molecule has 0 aliphatic rings. The molecule has 6 nitrogen and oxygen atoms in total. The van der Waals surface area contributed by atoms with E-state index in [0.29, 0.717) is 0 Å². The first-order chi connectivity index (χ1) is 10.8. The van der Waals surface area contributed by atoms with Crippen molar-refractivity contribution >= 4 is 17.7 Å². The van der Waals surface area contributed by atoms with Crippen LogP contribution in [0.1, 0.15) is 32.4 Å². The highest BCUT2D eigenvalue weighted by atomic mass is 19.1. The Bertz CT molecular complexity index is 558. The fourth-order valence-corrected chi connectivity index (χ4v) is 1.98. The topological polar surface area (TPSA) is 87.3 Å². The average molecular weight is 323 g/mol. The molecule has 0 spiro atoms. The molecule has 0 aliphatic heterocycles. The van der Waals surface area contributed by atoms with Crippen molar-refractivity contribution in [2.24, 2.45) is 5.92 Å². The van der Waals surface area contributed by atoms with E-state index in [1.54, 1.807) is 12.1 Å². The van der Waals surface area contributed by atoms with E-state index >= 15 is 0 Å². The molecule has 126 valence electrons. The maximum atomic E-state index is 13.0. The lowest BCUT2D eigenvalue weighted by Crippen LogP contribution is -2.43. The zero-order valence-corrected chi connectivity index (χ0v) is 13.5. The van der Waals surface area contributed by atoms with E-state index in [2.05, 4.69) is 16.0 Å². The van der Waals surface area contributed by atoms with Gasteiger partial charge in [-0.25, -0.2) is 4.39 Å². The summed E-state index contributed by atoms with van der Waals surface area (Å²) >= 11 is 0. The quantitative estimate of drug-likeness (QED) is 0.696. The van der Waals surface area contributed by atoms with Crippen molar-refractivity contribution in [3.05, 3.63) is 35.6 Å². The molecule has 7 heteroatoms. The molecule has 1 aromatic carbocycles. The predicted octanol–water partition coefficient (Wildman–Crippen LogP) is 0.891. The standard InChI is InChI=1S/C16H22FN3O3/c1-10(2)16(12-4-6-13(17)7-5-12)20-15(23)9-19-14(22)8-18-11(3)21/h4-7,10,16H,8-9H2,1-3H3,(H,18,21)(H,19,22)(H,20,23)/t16-/m0/s1. The Morgan fingerprint density at radius 1 is 1.00 bits per heavy atom. The third-order valence-corrected chi connectivity index (χ3v) is 3.16. The fourth-order valence-electron chi connectivity index (χ4n) is 1.98. The van der Waals surface area contributed by atoms with Crippen molar-refractivity contribution in [2.75, 3.05) is 13.1 Å². The van der Waals surface area contributed by atoms with Gasteiger partial charge in [0.15, 0.2) is 0 Å². The molecule has 0 radical (unpaired) electrons. The van der Waals surface area contributed by atoms with Crippen molar-refractivity contribution in [2.45, 2.75) is 26.8 Å². The van der Waals surface area contributed by atoms with Crippen molar-refractivity contribution < 1.29 is 18.8 Å². The maximum absolute atomic E-state index is 13.0. The van der Waals surface area contributed by atoms with Gasteiger partial charge in [0.1, 0.15) is 5.82 Å². The van der Waals surface area contributed by atoms with E-state index in [1.807, 2.05) is 13.8 Å². The second-order valence-corrected chi connectivity index (χ2v) is 5.53. The van der Waals surface area contributed by atoms with Gasteiger partial charge in [0.25, 0.3) is 0 Å². The summed E-state index contributed by atoms with van der Waals surface area (Å²) in [5.74, 6) is -1.37. The van der Waals surface area contributed by atoms with Gasteiger partial charge in [-0.05, 0) is 23.6 Å². The van der Waals surface area contributed by atoms with Gasteiger partial charge >= 0.3 is 0 Å². The first-order valence-corrected chi connectivity index (χ1v) is 7.35. The van der Waals surface area contributed by atoms with Crippen LogP contribution in [0, 0.1) is 11.7 Å². The normalized spacial score (nSPS) is 11.7. The van der Waals surface area contributed by atoms with Crippen molar-refractivity contribution in [1.82, 2.24) is 16.0 Å². The second kappa shape index (κ2) is 8.87. The molecule has 1 atom stereocenters. The van der Waals surface area contributed by atoms with E-state index < -0.39 is 5.91 Å². The zero-order chi connectivity index (χ0) is 17.4. The smallest absolute Gasteiger partial charge is 0.239 e. The minimum absolute atomic E-state index is 0.0968. The average Bonchev–Trinajstić information content (AvgIpc) is 2.49. The molecule has 0 fully saturated rings. The molecule has 23 heavy (non-hydrogen) atoms. The number of amides is 3. The van der Waals surface area contributed by atoms with E-state index in [-0.39, 0.29) is 42.7 Å². The number of halogens is 1. The lowest BCUT2D eigenvalue weighted by molar-refractivity contribution is -0.127. The summed E-state index contributed by atoms with van der Waals surface area (Å²) in [5.41, 5.74) is 0.791. The summed E-state index contributed by atoms with van der Waals surface area (Å²) in [5, 5.41) is 7.57. The zero-order valence-electron chi connectivity index (χ0n) is 13.5. The van der Waals surface area contributed by atoms with Crippen LogP contribution < -0.4 is 16.0 Å². The third-order valence-electron chi connectivity index (χ3n) is 3.16. The Kier molecular flexibility index (Phi) is 7.18. The molecular formula is C16H22FN3O3. The fraction of sp³-hybridized carbons (Fsp3) is 0.438. The molecule has 0 bridgehead atoms. The Labute approximate surface area is 134 Å². The molecule has 0 aromatic heterocycles. The molecule has 0 saturated carbocycles. The number of hydrogen-bond acceptors (Lipinski definition) is 3. The van der Waals surface area contributed by atoms with Crippen LogP contribution in [-0.4, -0.2) is 30.8 Å². The molecule has 3 amide bonds. The van der Waals surface area contributed by atoms with Gasteiger partial charge in [0.2, 0.25) is 17.7 Å². The van der Waals surface area contributed by atoms with Crippen LogP contribution in [0.25, 0.3) is 0 Å². The molecule has 0 heterocycles. The number of hydrogen-bond donors (Lipinski definition) is 3. The molecule has 3 N–H and O–H groups in total. The number of carbonyl (C=O) groups is 3. The SMILES string of the molecule is CC(=O)NCC(=O)NCC(=O)N[C@H](c1ccc(F)cc1)C(C)C. The lowest BCUT2D eigenvalue weighted by atomic mass is 9.96. The highest BCUT2D eigenvalue weighted by Gasteiger charge is 2.18. The Morgan fingerprint density at radius 3 is 2.09 bits per heavy atom. The highest BCUT2D eigenvalue weighted by Crippen LogP contribution is 2.21. The van der Waals surface area contributed by atoms with E-state index in [9.17, 15) is 18.8 Å². The maximum Gasteiger partial charge on any atom is 0.239 e.